The Kier molecular flexibility index (Phi) is 5.26. The second kappa shape index (κ2) is 6.95. The summed E-state index contributed by atoms with van der Waals surface area (Å²) >= 11 is 0. The molecule has 1 aromatic heterocycles. The lowest BCUT2D eigenvalue weighted by Gasteiger charge is -2.32. The number of hydrogen-bond donors (Lipinski definition) is 2. The topological polar surface area (TPSA) is 45.4 Å². The normalized spacial score (nSPS) is 20.8. The molecule has 1 saturated carbocycles. The van der Waals surface area contributed by atoms with Gasteiger partial charge in [-0.2, -0.15) is 0 Å². The van der Waals surface area contributed by atoms with Gasteiger partial charge in [0.15, 0.2) is 0 Å². The van der Waals surface area contributed by atoms with Crippen LogP contribution in [0, 0.1) is 5.92 Å². The van der Waals surface area contributed by atoms with Crippen molar-refractivity contribution in [2.24, 2.45) is 5.92 Å². The van der Waals surface area contributed by atoms with E-state index in [1.807, 2.05) is 12.1 Å². The molecule has 1 fully saturated rings. The van der Waals surface area contributed by atoms with Crippen molar-refractivity contribution < 1.29 is 9.52 Å². The second-order valence-electron chi connectivity index (χ2n) is 5.42. The van der Waals surface area contributed by atoms with Gasteiger partial charge in [0.1, 0.15) is 5.76 Å². The highest BCUT2D eigenvalue weighted by Gasteiger charge is 2.25. The third kappa shape index (κ3) is 3.59. The molecule has 2 unspecified atom stereocenters. The van der Waals surface area contributed by atoms with Gasteiger partial charge in [-0.05, 0) is 44.2 Å². The third-order valence-electron chi connectivity index (χ3n) is 4.09. The number of hydrogen-bond acceptors (Lipinski definition) is 3. The molecule has 3 nitrogen and oxygen atoms in total. The van der Waals surface area contributed by atoms with E-state index in [0.29, 0.717) is 12.0 Å². The molecule has 18 heavy (non-hydrogen) atoms. The van der Waals surface area contributed by atoms with Gasteiger partial charge in [-0.3, -0.25) is 0 Å². The van der Waals surface area contributed by atoms with Crippen LogP contribution in [0.3, 0.4) is 0 Å². The van der Waals surface area contributed by atoms with Crippen molar-refractivity contribution in [1.82, 2.24) is 5.32 Å². The summed E-state index contributed by atoms with van der Waals surface area (Å²) in [4.78, 5) is 0. The molecule has 2 N–H and O–H groups in total. The number of furan rings is 1. The van der Waals surface area contributed by atoms with Gasteiger partial charge in [0.25, 0.3) is 0 Å². The number of nitrogens with one attached hydrogen (secondary N) is 1. The third-order valence-corrected chi connectivity index (χ3v) is 4.09. The fourth-order valence-electron chi connectivity index (χ4n) is 3.07. The van der Waals surface area contributed by atoms with Crippen LogP contribution in [0.4, 0.5) is 0 Å². The fourth-order valence-corrected chi connectivity index (χ4v) is 3.07. The Morgan fingerprint density at radius 1 is 1.39 bits per heavy atom. The molecular weight excluding hydrogens is 226 g/mol. The molecule has 0 bridgehead atoms. The van der Waals surface area contributed by atoms with Crippen molar-refractivity contribution >= 4 is 0 Å². The predicted octanol–water partition coefficient (Wildman–Crippen LogP) is 3.26. The molecule has 102 valence electrons. The maximum atomic E-state index is 9.25. The van der Waals surface area contributed by atoms with Crippen LogP contribution in [0.15, 0.2) is 22.8 Å². The van der Waals surface area contributed by atoms with Crippen LogP contribution < -0.4 is 5.32 Å². The van der Waals surface area contributed by atoms with E-state index in [4.69, 9.17) is 4.42 Å². The van der Waals surface area contributed by atoms with E-state index >= 15 is 0 Å². The zero-order valence-corrected chi connectivity index (χ0v) is 11.3. The Labute approximate surface area is 110 Å². The van der Waals surface area contributed by atoms with Gasteiger partial charge in [-0.1, -0.05) is 19.3 Å². The summed E-state index contributed by atoms with van der Waals surface area (Å²) in [7, 11) is 0. The predicted molar refractivity (Wildman–Crippen MR) is 72.3 cm³/mol. The van der Waals surface area contributed by atoms with Gasteiger partial charge < -0.3 is 14.8 Å². The van der Waals surface area contributed by atoms with Crippen molar-refractivity contribution in [2.75, 3.05) is 6.61 Å². The molecule has 0 radical (unpaired) electrons. The van der Waals surface area contributed by atoms with Gasteiger partial charge in [0.2, 0.25) is 0 Å². The first-order valence-corrected chi connectivity index (χ1v) is 7.21. The Morgan fingerprint density at radius 2 is 2.17 bits per heavy atom. The van der Waals surface area contributed by atoms with Crippen LogP contribution in [0.5, 0.6) is 0 Å². The molecule has 0 amide bonds. The molecule has 3 heteroatoms. The lowest BCUT2D eigenvalue weighted by molar-refractivity contribution is 0.194. The fraction of sp³-hybridized carbons (Fsp3) is 0.733. The lowest BCUT2D eigenvalue weighted by Crippen LogP contribution is -2.39. The van der Waals surface area contributed by atoms with Gasteiger partial charge in [-0.25, -0.2) is 0 Å². The summed E-state index contributed by atoms with van der Waals surface area (Å²) in [5, 5.41) is 12.9. The van der Waals surface area contributed by atoms with Crippen molar-refractivity contribution in [3.63, 3.8) is 0 Å². The minimum absolute atomic E-state index is 0.221. The van der Waals surface area contributed by atoms with E-state index in [9.17, 15) is 5.11 Å². The van der Waals surface area contributed by atoms with Crippen molar-refractivity contribution in [3.05, 3.63) is 24.2 Å². The molecule has 2 rings (SSSR count). The molecule has 0 saturated heterocycles. The smallest absolute Gasteiger partial charge is 0.120 e. The van der Waals surface area contributed by atoms with Crippen molar-refractivity contribution in [3.8, 4) is 0 Å². The molecule has 0 spiro atoms. The van der Waals surface area contributed by atoms with E-state index in [0.717, 1.165) is 12.2 Å². The summed E-state index contributed by atoms with van der Waals surface area (Å²) in [6.07, 6.45) is 9.19. The highest BCUT2D eigenvalue weighted by atomic mass is 16.3. The van der Waals surface area contributed by atoms with Crippen LogP contribution in [0.2, 0.25) is 0 Å². The van der Waals surface area contributed by atoms with Gasteiger partial charge in [0.05, 0.1) is 12.3 Å². The van der Waals surface area contributed by atoms with Crippen LogP contribution in [0.1, 0.15) is 57.3 Å². The van der Waals surface area contributed by atoms with Gasteiger partial charge in [-0.15, -0.1) is 0 Å². The Morgan fingerprint density at radius 3 is 2.78 bits per heavy atom. The zero-order valence-electron chi connectivity index (χ0n) is 11.3. The SMILES string of the molecule is CC(NC(CCO)C1CCCCC1)c1ccco1. The van der Waals surface area contributed by atoms with Gasteiger partial charge in [0, 0.05) is 12.6 Å². The lowest BCUT2D eigenvalue weighted by atomic mass is 9.82. The van der Waals surface area contributed by atoms with Gasteiger partial charge >= 0.3 is 0 Å². The Hall–Kier alpha value is -0.800. The molecule has 1 aliphatic rings. The highest BCUT2D eigenvalue weighted by molar-refractivity contribution is 5.03. The minimum Gasteiger partial charge on any atom is -0.468 e. The molecule has 0 aromatic carbocycles. The van der Waals surface area contributed by atoms with E-state index in [2.05, 4.69) is 12.2 Å². The monoisotopic (exact) mass is 251 g/mol. The van der Waals surface area contributed by atoms with E-state index in [-0.39, 0.29) is 12.6 Å². The first-order valence-electron chi connectivity index (χ1n) is 7.21. The summed E-state index contributed by atoms with van der Waals surface area (Å²) < 4.78 is 5.44. The van der Waals surface area contributed by atoms with E-state index in [1.54, 1.807) is 6.26 Å². The van der Waals surface area contributed by atoms with Crippen LogP contribution >= 0.6 is 0 Å². The van der Waals surface area contributed by atoms with Crippen LogP contribution in [0.25, 0.3) is 0 Å². The summed E-state index contributed by atoms with van der Waals surface area (Å²) in [6.45, 7) is 2.39. The number of aliphatic hydroxyl groups is 1. The molecule has 1 aliphatic carbocycles. The number of rotatable bonds is 6. The zero-order chi connectivity index (χ0) is 12.8. The first-order chi connectivity index (χ1) is 8.81. The molecule has 0 aliphatic heterocycles. The molecule has 2 atom stereocenters. The van der Waals surface area contributed by atoms with Crippen LogP contribution in [-0.4, -0.2) is 17.8 Å². The average Bonchev–Trinajstić information content (AvgIpc) is 2.93. The molecule has 1 heterocycles. The number of aliphatic hydroxyl groups excluding tert-OH is 1. The first kappa shape index (κ1) is 13.6. The Bertz CT molecular complexity index is 317. The Balaban J connectivity index is 1.92. The van der Waals surface area contributed by atoms with Crippen molar-refractivity contribution in [1.29, 1.82) is 0 Å². The maximum Gasteiger partial charge on any atom is 0.120 e. The summed E-state index contributed by atoms with van der Waals surface area (Å²) in [6, 6.07) is 4.57. The average molecular weight is 251 g/mol. The minimum atomic E-state index is 0.221. The summed E-state index contributed by atoms with van der Waals surface area (Å²) in [5.74, 6) is 1.69. The largest absolute Gasteiger partial charge is 0.468 e. The van der Waals surface area contributed by atoms with E-state index in [1.165, 1.54) is 32.1 Å². The second-order valence-corrected chi connectivity index (χ2v) is 5.42. The molecular formula is C15H25NO2. The molecule has 1 aromatic rings. The standard InChI is InChI=1S/C15H25NO2/c1-12(15-8-5-11-18-15)16-14(9-10-17)13-6-3-2-4-7-13/h5,8,11-14,16-17H,2-4,6-7,9-10H2,1H3. The highest BCUT2D eigenvalue weighted by Crippen LogP contribution is 2.29. The van der Waals surface area contributed by atoms with E-state index < -0.39 is 0 Å². The van der Waals surface area contributed by atoms with Crippen molar-refractivity contribution in [2.45, 2.75) is 57.5 Å². The quantitative estimate of drug-likeness (QED) is 0.815. The maximum absolute atomic E-state index is 9.25. The summed E-state index contributed by atoms with van der Waals surface area (Å²) in [5.41, 5.74) is 0. The van der Waals surface area contributed by atoms with Crippen LogP contribution in [-0.2, 0) is 0 Å².